The molecular weight excluding hydrogens is 326 g/mol. The molecule has 130 valence electrons. The van der Waals surface area contributed by atoms with Crippen molar-refractivity contribution in [3.63, 3.8) is 0 Å². The summed E-state index contributed by atoms with van der Waals surface area (Å²) < 4.78 is 6.94. The van der Waals surface area contributed by atoms with E-state index in [9.17, 15) is 0 Å². The number of hydrogen-bond acceptors (Lipinski definition) is 5. The summed E-state index contributed by atoms with van der Waals surface area (Å²) >= 11 is 0. The van der Waals surface area contributed by atoms with Crippen LogP contribution in [0.25, 0.3) is 16.6 Å². The van der Waals surface area contributed by atoms with Gasteiger partial charge >= 0.3 is 0 Å². The zero-order chi connectivity index (χ0) is 17.9. The van der Waals surface area contributed by atoms with Crippen molar-refractivity contribution in [2.24, 2.45) is 0 Å². The first kappa shape index (κ1) is 16.1. The lowest BCUT2D eigenvalue weighted by Gasteiger charge is -2.09. The highest BCUT2D eigenvalue weighted by molar-refractivity contribution is 5.92. The Hall–Kier alpha value is -3.41. The third kappa shape index (κ3) is 3.09. The molecule has 6 heteroatoms. The van der Waals surface area contributed by atoms with Crippen LogP contribution in [0.15, 0.2) is 60.9 Å². The SMILES string of the molecule is COc1ccc(-n2cc(CNc3ccnc4c(C)cccc34)nn2)cc1. The number of fused-ring (bicyclic) bond motifs is 1. The topological polar surface area (TPSA) is 64.9 Å². The maximum atomic E-state index is 5.18. The summed E-state index contributed by atoms with van der Waals surface area (Å²) in [5, 5.41) is 13.0. The van der Waals surface area contributed by atoms with Crippen molar-refractivity contribution in [3.8, 4) is 11.4 Å². The number of hydrogen-bond donors (Lipinski definition) is 1. The quantitative estimate of drug-likeness (QED) is 0.597. The van der Waals surface area contributed by atoms with Gasteiger partial charge in [0.15, 0.2) is 0 Å². The Labute approximate surface area is 151 Å². The molecule has 4 rings (SSSR count). The third-order valence-corrected chi connectivity index (χ3v) is 4.31. The highest BCUT2D eigenvalue weighted by Crippen LogP contribution is 2.24. The van der Waals surface area contributed by atoms with Crippen LogP contribution in [-0.4, -0.2) is 27.1 Å². The largest absolute Gasteiger partial charge is 0.497 e. The summed E-state index contributed by atoms with van der Waals surface area (Å²) in [6.45, 7) is 2.66. The average molecular weight is 345 g/mol. The van der Waals surface area contributed by atoms with Crippen LogP contribution in [0.3, 0.4) is 0 Å². The zero-order valence-electron chi connectivity index (χ0n) is 14.7. The lowest BCUT2D eigenvalue weighted by molar-refractivity contribution is 0.414. The van der Waals surface area contributed by atoms with Gasteiger partial charge < -0.3 is 10.1 Å². The fourth-order valence-corrected chi connectivity index (χ4v) is 2.90. The molecule has 4 aromatic rings. The van der Waals surface area contributed by atoms with E-state index >= 15 is 0 Å². The van der Waals surface area contributed by atoms with Gasteiger partial charge in [0.25, 0.3) is 0 Å². The molecule has 2 aromatic heterocycles. The fourth-order valence-electron chi connectivity index (χ4n) is 2.90. The minimum Gasteiger partial charge on any atom is -0.497 e. The van der Waals surface area contributed by atoms with E-state index in [1.54, 1.807) is 11.8 Å². The zero-order valence-corrected chi connectivity index (χ0v) is 14.7. The van der Waals surface area contributed by atoms with Gasteiger partial charge in [0.05, 0.1) is 31.1 Å². The Balaban J connectivity index is 1.52. The van der Waals surface area contributed by atoms with E-state index in [0.717, 1.165) is 39.3 Å². The number of methoxy groups -OCH3 is 1. The van der Waals surface area contributed by atoms with E-state index in [0.29, 0.717) is 6.54 Å². The van der Waals surface area contributed by atoms with Crippen LogP contribution in [0.5, 0.6) is 5.75 Å². The lowest BCUT2D eigenvalue weighted by atomic mass is 10.1. The van der Waals surface area contributed by atoms with Crippen LogP contribution in [0, 0.1) is 6.92 Å². The molecule has 1 N–H and O–H groups in total. The van der Waals surface area contributed by atoms with Gasteiger partial charge in [-0.3, -0.25) is 4.98 Å². The van der Waals surface area contributed by atoms with Gasteiger partial charge in [-0.1, -0.05) is 23.4 Å². The minimum absolute atomic E-state index is 0.587. The highest BCUT2D eigenvalue weighted by atomic mass is 16.5. The molecule has 0 atom stereocenters. The van der Waals surface area contributed by atoms with Crippen LogP contribution >= 0.6 is 0 Å². The van der Waals surface area contributed by atoms with Crippen molar-refractivity contribution in [2.45, 2.75) is 13.5 Å². The molecular formula is C20H19N5O. The van der Waals surface area contributed by atoms with Crippen LogP contribution in [0.1, 0.15) is 11.3 Å². The number of rotatable bonds is 5. The van der Waals surface area contributed by atoms with Gasteiger partial charge in [0.2, 0.25) is 0 Å². The Morgan fingerprint density at radius 3 is 2.73 bits per heavy atom. The van der Waals surface area contributed by atoms with Gasteiger partial charge in [-0.15, -0.1) is 5.10 Å². The summed E-state index contributed by atoms with van der Waals surface area (Å²) in [4.78, 5) is 4.47. The number of para-hydroxylation sites is 1. The van der Waals surface area contributed by atoms with E-state index in [1.165, 1.54) is 0 Å². The summed E-state index contributed by atoms with van der Waals surface area (Å²) in [6, 6.07) is 15.9. The van der Waals surface area contributed by atoms with Crippen molar-refractivity contribution in [1.29, 1.82) is 0 Å². The summed E-state index contributed by atoms with van der Waals surface area (Å²) in [5.41, 5.74) is 5.02. The number of ether oxygens (including phenoxy) is 1. The first-order chi connectivity index (χ1) is 12.7. The number of pyridine rings is 1. The molecule has 0 amide bonds. The Morgan fingerprint density at radius 2 is 1.92 bits per heavy atom. The van der Waals surface area contributed by atoms with Gasteiger partial charge in [-0.05, 0) is 42.8 Å². The summed E-state index contributed by atoms with van der Waals surface area (Å²) in [7, 11) is 1.65. The van der Waals surface area contributed by atoms with Crippen LogP contribution < -0.4 is 10.1 Å². The van der Waals surface area contributed by atoms with Gasteiger partial charge in [-0.25, -0.2) is 4.68 Å². The number of aryl methyl sites for hydroxylation is 1. The van der Waals surface area contributed by atoms with E-state index in [2.05, 4.69) is 39.7 Å². The second kappa shape index (κ2) is 6.84. The van der Waals surface area contributed by atoms with Crippen LogP contribution in [0.2, 0.25) is 0 Å². The maximum Gasteiger partial charge on any atom is 0.119 e. The van der Waals surface area contributed by atoms with E-state index in [1.807, 2.05) is 48.8 Å². The van der Waals surface area contributed by atoms with E-state index in [4.69, 9.17) is 4.74 Å². The molecule has 6 nitrogen and oxygen atoms in total. The predicted molar refractivity (Wildman–Crippen MR) is 102 cm³/mol. The molecule has 0 saturated heterocycles. The Morgan fingerprint density at radius 1 is 1.08 bits per heavy atom. The van der Waals surface area contributed by atoms with Crippen molar-refractivity contribution in [1.82, 2.24) is 20.0 Å². The summed E-state index contributed by atoms with van der Waals surface area (Å²) in [5.74, 6) is 0.815. The highest BCUT2D eigenvalue weighted by Gasteiger charge is 2.06. The lowest BCUT2D eigenvalue weighted by Crippen LogP contribution is -2.01. The van der Waals surface area contributed by atoms with E-state index < -0.39 is 0 Å². The average Bonchev–Trinajstić information content (AvgIpc) is 3.16. The van der Waals surface area contributed by atoms with Gasteiger partial charge in [-0.2, -0.15) is 0 Å². The van der Waals surface area contributed by atoms with E-state index in [-0.39, 0.29) is 0 Å². The Bertz CT molecular complexity index is 1040. The summed E-state index contributed by atoms with van der Waals surface area (Å²) in [6.07, 6.45) is 3.75. The molecule has 0 spiro atoms. The standard InChI is InChI=1S/C20H19N5O/c1-14-4-3-5-18-19(10-11-21-20(14)18)22-12-15-13-25(24-23-15)16-6-8-17(26-2)9-7-16/h3-11,13H,12H2,1-2H3,(H,21,22). The normalized spacial score (nSPS) is 10.8. The minimum atomic E-state index is 0.587. The molecule has 0 aliphatic heterocycles. The van der Waals surface area contributed by atoms with Gasteiger partial charge in [0, 0.05) is 17.3 Å². The molecule has 26 heavy (non-hydrogen) atoms. The number of nitrogens with one attached hydrogen (secondary N) is 1. The molecule has 0 fully saturated rings. The van der Waals surface area contributed by atoms with Crippen molar-refractivity contribution < 1.29 is 4.74 Å². The Kier molecular flexibility index (Phi) is 4.23. The molecule has 0 aliphatic carbocycles. The van der Waals surface area contributed by atoms with Crippen molar-refractivity contribution in [2.75, 3.05) is 12.4 Å². The molecule has 0 bridgehead atoms. The van der Waals surface area contributed by atoms with Gasteiger partial charge in [0.1, 0.15) is 11.4 Å². The number of anilines is 1. The second-order valence-electron chi connectivity index (χ2n) is 6.04. The molecule has 0 saturated carbocycles. The molecule has 0 unspecified atom stereocenters. The smallest absolute Gasteiger partial charge is 0.119 e. The molecule has 0 radical (unpaired) electrons. The van der Waals surface area contributed by atoms with Crippen LogP contribution in [-0.2, 0) is 6.54 Å². The predicted octanol–water partition coefficient (Wildman–Crippen LogP) is 3.74. The van der Waals surface area contributed by atoms with Crippen molar-refractivity contribution in [3.05, 3.63) is 72.2 Å². The first-order valence-electron chi connectivity index (χ1n) is 8.38. The maximum absolute atomic E-state index is 5.18. The molecule has 0 aliphatic rings. The van der Waals surface area contributed by atoms with Crippen molar-refractivity contribution >= 4 is 16.6 Å². The first-order valence-corrected chi connectivity index (χ1v) is 8.38. The molecule has 2 aromatic carbocycles. The van der Waals surface area contributed by atoms with Crippen LogP contribution in [0.4, 0.5) is 5.69 Å². The monoisotopic (exact) mass is 345 g/mol. The number of benzene rings is 2. The molecule has 2 heterocycles. The third-order valence-electron chi connectivity index (χ3n) is 4.31. The number of nitrogens with zero attached hydrogens (tertiary/aromatic N) is 4. The second-order valence-corrected chi connectivity index (χ2v) is 6.04. The fraction of sp³-hybridized carbons (Fsp3) is 0.150. The number of aromatic nitrogens is 4.